The Bertz CT molecular complexity index is 323. The van der Waals surface area contributed by atoms with Gasteiger partial charge in [0.15, 0.2) is 0 Å². The first-order valence-corrected chi connectivity index (χ1v) is 5.21. The van der Waals surface area contributed by atoms with Gasteiger partial charge in [-0.15, -0.1) is 0 Å². The van der Waals surface area contributed by atoms with Crippen LogP contribution < -0.4 is 5.73 Å². The van der Waals surface area contributed by atoms with E-state index in [9.17, 15) is 4.79 Å². The Hall–Kier alpha value is -1.35. The highest BCUT2D eigenvalue weighted by Crippen LogP contribution is 2.10. The van der Waals surface area contributed by atoms with E-state index in [-0.39, 0.29) is 5.91 Å². The molecule has 0 bridgehead atoms. The molecule has 0 fully saturated rings. The van der Waals surface area contributed by atoms with Gasteiger partial charge in [0.1, 0.15) is 0 Å². The van der Waals surface area contributed by atoms with Crippen LogP contribution >= 0.6 is 0 Å². The topological polar surface area (TPSA) is 52.3 Å². The second-order valence-corrected chi connectivity index (χ2v) is 3.32. The lowest BCUT2D eigenvalue weighted by atomic mass is 10.0. The lowest BCUT2D eigenvalue weighted by molar-refractivity contribution is 0.0999. The van der Waals surface area contributed by atoms with Gasteiger partial charge in [0.2, 0.25) is 5.91 Å². The molecular weight excluding hydrogens is 190 g/mol. The summed E-state index contributed by atoms with van der Waals surface area (Å²) in [6.07, 6.45) is 1.75. The fraction of sp³-hybridized carbons (Fsp3) is 0.417. The number of hydrogen-bond acceptors (Lipinski definition) is 2. The minimum atomic E-state index is -0.359. The largest absolute Gasteiger partial charge is 0.382 e. The molecule has 0 unspecified atom stereocenters. The van der Waals surface area contributed by atoms with Crippen molar-refractivity contribution >= 4 is 5.91 Å². The summed E-state index contributed by atoms with van der Waals surface area (Å²) in [5.74, 6) is -0.359. The predicted octanol–water partition coefficient (Wildman–Crippen LogP) is 1.75. The standard InChI is InChI=1S/C12H17NO2/c1-2-15-9-5-7-10-6-3-4-8-11(10)12(13)14/h3-4,6,8H,2,5,7,9H2,1H3,(H2,13,14). The molecule has 0 saturated heterocycles. The number of benzene rings is 1. The first kappa shape index (κ1) is 11.7. The second kappa shape index (κ2) is 6.19. The highest BCUT2D eigenvalue weighted by molar-refractivity contribution is 5.94. The van der Waals surface area contributed by atoms with Crippen LogP contribution in [-0.2, 0) is 11.2 Å². The van der Waals surface area contributed by atoms with Crippen LogP contribution in [0.4, 0.5) is 0 Å². The molecule has 0 atom stereocenters. The Morgan fingerprint density at radius 3 is 2.80 bits per heavy atom. The number of nitrogens with two attached hydrogens (primary N) is 1. The monoisotopic (exact) mass is 207 g/mol. The van der Waals surface area contributed by atoms with Gasteiger partial charge in [-0.25, -0.2) is 0 Å². The van der Waals surface area contributed by atoms with Crippen LogP contribution in [0.15, 0.2) is 24.3 Å². The van der Waals surface area contributed by atoms with E-state index >= 15 is 0 Å². The van der Waals surface area contributed by atoms with Crippen LogP contribution in [0.3, 0.4) is 0 Å². The zero-order valence-corrected chi connectivity index (χ0v) is 9.03. The molecule has 0 heterocycles. The van der Waals surface area contributed by atoms with Crippen LogP contribution in [0.2, 0.25) is 0 Å². The summed E-state index contributed by atoms with van der Waals surface area (Å²) in [6, 6.07) is 7.44. The molecule has 0 radical (unpaired) electrons. The Kier molecular flexibility index (Phi) is 4.84. The van der Waals surface area contributed by atoms with Crippen LogP contribution in [0.1, 0.15) is 29.3 Å². The summed E-state index contributed by atoms with van der Waals surface area (Å²) in [7, 11) is 0. The molecule has 82 valence electrons. The van der Waals surface area contributed by atoms with Crippen molar-refractivity contribution in [3.63, 3.8) is 0 Å². The van der Waals surface area contributed by atoms with Crippen molar-refractivity contribution in [1.29, 1.82) is 0 Å². The normalized spacial score (nSPS) is 10.2. The quantitative estimate of drug-likeness (QED) is 0.722. The van der Waals surface area contributed by atoms with Crippen LogP contribution in [-0.4, -0.2) is 19.1 Å². The van der Waals surface area contributed by atoms with Gasteiger partial charge in [0.25, 0.3) is 0 Å². The summed E-state index contributed by atoms with van der Waals surface area (Å²) in [6.45, 7) is 3.43. The van der Waals surface area contributed by atoms with Crippen LogP contribution in [0, 0.1) is 0 Å². The maximum absolute atomic E-state index is 11.1. The molecule has 15 heavy (non-hydrogen) atoms. The molecule has 0 spiro atoms. The Morgan fingerprint density at radius 1 is 1.40 bits per heavy atom. The van der Waals surface area contributed by atoms with Crippen molar-refractivity contribution < 1.29 is 9.53 Å². The minimum absolute atomic E-state index is 0.359. The van der Waals surface area contributed by atoms with Crippen molar-refractivity contribution in [2.24, 2.45) is 5.73 Å². The predicted molar refractivity (Wildman–Crippen MR) is 59.8 cm³/mol. The molecule has 1 rings (SSSR count). The molecule has 1 amide bonds. The number of ether oxygens (including phenoxy) is 1. The third-order valence-corrected chi connectivity index (χ3v) is 2.22. The van der Waals surface area contributed by atoms with E-state index in [2.05, 4.69) is 0 Å². The van der Waals surface area contributed by atoms with E-state index in [1.165, 1.54) is 0 Å². The van der Waals surface area contributed by atoms with Gasteiger partial charge < -0.3 is 10.5 Å². The summed E-state index contributed by atoms with van der Waals surface area (Å²) in [5.41, 5.74) is 6.90. The summed E-state index contributed by atoms with van der Waals surface area (Å²) >= 11 is 0. The summed E-state index contributed by atoms with van der Waals surface area (Å²) in [4.78, 5) is 11.1. The van der Waals surface area contributed by atoms with Crippen molar-refractivity contribution in [3.8, 4) is 0 Å². The molecule has 3 heteroatoms. The second-order valence-electron chi connectivity index (χ2n) is 3.32. The minimum Gasteiger partial charge on any atom is -0.382 e. The van der Waals surface area contributed by atoms with Crippen LogP contribution in [0.25, 0.3) is 0 Å². The Balaban J connectivity index is 2.56. The van der Waals surface area contributed by atoms with Gasteiger partial charge in [-0.1, -0.05) is 18.2 Å². The smallest absolute Gasteiger partial charge is 0.248 e. The van der Waals surface area contributed by atoms with Crippen LogP contribution in [0.5, 0.6) is 0 Å². The average molecular weight is 207 g/mol. The number of rotatable bonds is 6. The van der Waals surface area contributed by atoms with E-state index in [1.807, 2.05) is 25.1 Å². The molecule has 0 aliphatic rings. The highest BCUT2D eigenvalue weighted by Gasteiger charge is 2.05. The fourth-order valence-electron chi connectivity index (χ4n) is 1.49. The molecule has 0 saturated carbocycles. The number of carbonyl (C=O) groups is 1. The van der Waals surface area contributed by atoms with Gasteiger partial charge in [0, 0.05) is 18.8 Å². The maximum Gasteiger partial charge on any atom is 0.248 e. The zero-order valence-electron chi connectivity index (χ0n) is 9.03. The van der Waals surface area contributed by atoms with E-state index in [1.54, 1.807) is 6.07 Å². The SMILES string of the molecule is CCOCCCc1ccccc1C(N)=O. The number of amides is 1. The Morgan fingerprint density at radius 2 is 2.13 bits per heavy atom. The van der Waals surface area contributed by atoms with Crippen molar-refractivity contribution in [1.82, 2.24) is 0 Å². The highest BCUT2D eigenvalue weighted by atomic mass is 16.5. The third-order valence-electron chi connectivity index (χ3n) is 2.22. The number of aryl methyl sites for hydroxylation is 1. The third kappa shape index (κ3) is 3.72. The van der Waals surface area contributed by atoms with Gasteiger partial charge in [-0.2, -0.15) is 0 Å². The van der Waals surface area contributed by atoms with E-state index < -0.39 is 0 Å². The first-order valence-electron chi connectivity index (χ1n) is 5.21. The summed E-state index contributed by atoms with van der Waals surface area (Å²) in [5, 5.41) is 0. The van der Waals surface area contributed by atoms with Crippen molar-refractivity contribution in [2.75, 3.05) is 13.2 Å². The average Bonchev–Trinajstić information content (AvgIpc) is 2.25. The molecule has 0 aliphatic carbocycles. The van der Waals surface area contributed by atoms with Crippen molar-refractivity contribution in [2.45, 2.75) is 19.8 Å². The number of primary amides is 1. The molecule has 1 aromatic rings. The fourth-order valence-corrected chi connectivity index (χ4v) is 1.49. The lowest BCUT2D eigenvalue weighted by Crippen LogP contribution is -2.13. The van der Waals surface area contributed by atoms with E-state index in [4.69, 9.17) is 10.5 Å². The molecular formula is C12H17NO2. The van der Waals surface area contributed by atoms with E-state index in [0.717, 1.165) is 31.6 Å². The van der Waals surface area contributed by atoms with Gasteiger partial charge >= 0.3 is 0 Å². The van der Waals surface area contributed by atoms with E-state index in [0.29, 0.717) is 5.56 Å². The van der Waals surface area contributed by atoms with Gasteiger partial charge in [0.05, 0.1) is 0 Å². The van der Waals surface area contributed by atoms with Gasteiger partial charge in [-0.3, -0.25) is 4.79 Å². The number of carbonyl (C=O) groups excluding carboxylic acids is 1. The summed E-state index contributed by atoms with van der Waals surface area (Å²) < 4.78 is 5.24. The van der Waals surface area contributed by atoms with Crippen molar-refractivity contribution in [3.05, 3.63) is 35.4 Å². The van der Waals surface area contributed by atoms with Gasteiger partial charge in [-0.05, 0) is 31.4 Å². The Labute approximate surface area is 90.2 Å². The molecule has 0 aliphatic heterocycles. The molecule has 0 aromatic heterocycles. The maximum atomic E-state index is 11.1. The molecule has 1 aromatic carbocycles. The molecule has 3 nitrogen and oxygen atoms in total. The number of hydrogen-bond donors (Lipinski definition) is 1. The molecule has 2 N–H and O–H groups in total. The zero-order chi connectivity index (χ0) is 11.1. The lowest BCUT2D eigenvalue weighted by Gasteiger charge is -2.06. The first-order chi connectivity index (χ1) is 7.25.